The van der Waals surface area contributed by atoms with E-state index in [0.29, 0.717) is 11.3 Å². The fourth-order valence-electron chi connectivity index (χ4n) is 1.12. The van der Waals surface area contributed by atoms with Gasteiger partial charge in [-0.2, -0.15) is 0 Å². The first-order chi connectivity index (χ1) is 7.37. The normalized spacial score (nSPS) is 11.4. The van der Waals surface area contributed by atoms with Gasteiger partial charge in [0.05, 0.1) is 18.7 Å². The fourth-order valence-corrected chi connectivity index (χ4v) is 1.38. The highest BCUT2D eigenvalue weighted by molar-refractivity contribution is 6.17. The summed E-state index contributed by atoms with van der Waals surface area (Å²) in [5.74, 6) is -0.340. The molecule has 3 nitrogen and oxygen atoms in total. The lowest BCUT2D eigenvalue weighted by Gasteiger charge is -2.12. The Morgan fingerprint density at radius 1 is 1.44 bits per heavy atom. The lowest BCUT2D eigenvalue weighted by molar-refractivity contribution is -0.276. The lowest BCUT2D eigenvalue weighted by atomic mass is 10.2. The van der Waals surface area contributed by atoms with Crippen molar-refractivity contribution in [1.29, 1.82) is 0 Å². The van der Waals surface area contributed by atoms with Crippen molar-refractivity contribution in [2.45, 2.75) is 19.2 Å². The van der Waals surface area contributed by atoms with Crippen molar-refractivity contribution in [3.05, 3.63) is 17.3 Å². The molecule has 0 radical (unpaired) electrons. The van der Waals surface area contributed by atoms with E-state index in [1.165, 1.54) is 7.11 Å². The zero-order valence-corrected chi connectivity index (χ0v) is 9.32. The molecule has 0 saturated carbocycles. The molecule has 0 N–H and O–H groups in total. The van der Waals surface area contributed by atoms with Crippen molar-refractivity contribution in [3.8, 4) is 11.6 Å². The zero-order valence-electron chi connectivity index (χ0n) is 8.56. The maximum Gasteiger partial charge on any atom is 0.574 e. The van der Waals surface area contributed by atoms with Gasteiger partial charge in [-0.25, -0.2) is 4.98 Å². The number of methoxy groups -OCH3 is 1. The summed E-state index contributed by atoms with van der Waals surface area (Å²) in [4.78, 5) is 3.63. The van der Waals surface area contributed by atoms with Gasteiger partial charge in [-0.15, -0.1) is 24.8 Å². The van der Waals surface area contributed by atoms with Crippen molar-refractivity contribution in [2.24, 2.45) is 0 Å². The number of halogens is 4. The molecule has 1 aromatic rings. The van der Waals surface area contributed by atoms with Crippen molar-refractivity contribution in [1.82, 2.24) is 4.98 Å². The molecule has 7 heteroatoms. The van der Waals surface area contributed by atoms with E-state index in [0.717, 1.165) is 6.07 Å². The van der Waals surface area contributed by atoms with E-state index < -0.39 is 12.2 Å². The largest absolute Gasteiger partial charge is 0.574 e. The Kier molecular flexibility index (Phi) is 3.85. The summed E-state index contributed by atoms with van der Waals surface area (Å²) in [7, 11) is 1.34. The summed E-state index contributed by atoms with van der Waals surface area (Å²) in [6.45, 7) is 1.65. The smallest absolute Gasteiger partial charge is 0.496 e. The molecule has 90 valence electrons. The van der Waals surface area contributed by atoms with Crippen LogP contribution in [-0.4, -0.2) is 18.5 Å². The SMILES string of the molecule is COc1cc(OC(F)(F)F)nc(CCl)c1C. The van der Waals surface area contributed by atoms with E-state index in [-0.39, 0.29) is 11.6 Å². The maximum absolute atomic E-state index is 12.0. The Labute approximate surface area is 95.1 Å². The number of nitrogens with zero attached hydrogens (tertiary/aromatic N) is 1. The van der Waals surface area contributed by atoms with Crippen molar-refractivity contribution >= 4 is 11.6 Å². The summed E-state index contributed by atoms with van der Waals surface area (Å²) in [6, 6.07) is 1.07. The van der Waals surface area contributed by atoms with Crippen LogP contribution in [0.1, 0.15) is 11.3 Å². The minimum atomic E-state index is -4.78. The van der Waals surface area contributed by atoms with Gasteiger partial charge in [0.15, 0.2) is 0 Å². The van der Waals surface area contributed by atoms with E-state index >= 15 is 0 Å². The van der Waals surface area contributed by atoms with Crippen LogP contribution in [0, 0.1) is 6.92 Å². The van der Waals surface area contributed by atoms with E-state index in [1.54, 1.807) is 6.92 Å². The number of rotatable bonds is 3. The van der Waals surface area contributed by atoms with Gasteiger partial charge in [-0.1, -0.05) is 0 Å². The molecule has 0 aliphatic rings. The third-order valence-corrected chi connectivity index (χ3v) is 2.12. The molecule has 0 amide bonds. The Bertz CT molecular complexity index is 357. The molecule has 0 aliphatic carbocycles. The van der Waals surface area contributed by atoms with Crippen LogP contribution < -0.4 is 9.47 Å². The zero-order chi connectivity index (χ0) is 12.3. The fraction of sp³-hybridized carbons (Fsp3) is 0.444. The molecule has 1 heterocycles. The molecule has 1 rings (SSSR count). The van der Waals surface area contributed by atoms with Gasteiger partial charge in [0, 0.05) is 11.6 Å². The van der Waals surface area contributed by atoms with Crippen LogP contribution in [0.5, 0.6) is 11.6 Å². The monoisotopic (exact) mass is 255 g/mol. The molecular formula is C9H9ClF3NO2. The van der Waals surface area contributed by atoms with Crippen LogP contribution >= 0.6 is 11.6 Å². The predicted octanol–water partition coefficient (Wildman–Crippen LogP) is 3.04. The van der Waals surface area contributed by atoms with Crippen molar-refractivity contribution in [2.75, 3.05) is 7.11 Å². The Morgan fingerprint density at radius 3 is 2.50 bits per heavy atom. The van der Waals surface area contributed by atoms with Gasteiger partial charge in [-0.3, -0.25) is 0 Å². The van der Waals surface area contributed by atoms with Crippen LogP contribution in [0.15, 0.2) is 6.07 Å². The molecule has 0 aliphatic heterocycles. The van der Waals surface area contributed by atoms with Gasteiger partial charge >= 0.3 is 6.36 Å². The molecule has 0 aromatic carbocycles. The van der Waals surface area contributed by atoms with Gasteiger partial charge in [-0.05, 0) is 6.92 Å². The van der Waals surface area contributed by atoms with Gasteiger partial charge in [0.2, 0.25) is 5.88 Å². The van der Waals surface area contributed by atoms with Crippen molar-refractivity contribution < 1.29 is 22.6 Å². The molecule has 1 aromatic heterocycles. The van der Waals surface area contributed by atoms with Gasteiger partial charge < -0.3 is 9.47 Å². The predicted molar refractivity (Wildman–Crippen MR) is 51.8 cm³/mol. The van der Waals surface area contributed by atoms with Crippen LogP contribution in [0.3, 0.4) is 0 Å². The second-order valence-corrected chi connectivity index (χ2v) is 3.18. The van der Waals surface area contributed by atoms with E-state index in [4.69, 9.17) is 16.3 Å². The third kappa shape index (κ3) is 3.16. The van der Waals surface area contributed by atoms with E-state index in [1.807, 2.05) is 0 Å². The highest BCUT2D eigenvalue weighted by atomic mass is 35.5. The van der Waals surface area contributed by atoms with E-state index in [2.05, 4.69) is 9.72 Å². The Morgan fingerprint density at radius 2 is 2.06 bits per heavy atom. The lowest BCUT2D eigenvalue weighted by Crippen LogP contribution is -2.18. The average molecular weight is 256 g/mol. The third-order valence-electron chi connectivity index (χ3n) is 1.87. The minimum absolute atomic E-state index is 0.0166. The quantitative estimate of drug-likeness (QED) is 0.778. The van der Waals surface area contributed by atoms with Gasteiger partial charge in [0.25, 0.3) is 0 Å². The van der Waals surface area contributed by atoms with Crippen LogP contribution in [-0.2, 0) is 5.88 Å². The first kappa shape index (κ1) is 12.9. The van der Waals surface area contributed by atoms with E-state index in [9.17, 15) is 13.2 Å². The average Bonchev–Trinajstić information content (AvgIpc) is 2.18. The molecule has 0 saturated heterocycles. The van der Waals surface area contributed by atoms with Crippen LogP contribution in [0.2, 0.25) is 0 Å². The van der Waals surface area contributed by atoms with Crippen LogP contribution in [0.4, 0.5) is 13.2 Å². The van der Waals surface area contributed by atoms with Gasteiger partial charge in [0.1, 0.15) is 5.75 Å². The molecule has 0 fully saturated rings. The summed E-state index contributed by atoms with van der Waals surface area (Å²) in [5.41, 5.74) is 0.882. The molecular weight excluding hydrogens is 247 g/mol. The number of hydrogen-bond acceptors (Lipinski definition) is 3. The molecule has 0 atom stereocenters. The number of aromatic nitrogens is 1. The first-order valence-electron chi connectivity index (χ1n) is 4.23. The number of hydrogen-bond donors (Lipinski definition) is 0. The standard InChI is InChI=1S/C9H9ClF3NO2/c1-5-6(4-10)14-8(3-7(5)15-2)16-9(11,12)13/h3H,4H2,1-2H3. The summed E-state index contributed by atoms with van der Waals surface area (Å²) < 4.78 is 44.5. The Balaban J connectivity index is 3.12. The number of ether oxygens (including phenoxy) is 2. The number of alkyl halides is 4. The first-order valence-corrected chi connectivity index (χ1v) is 4.77. The molecule has 0 spiro atoms. The topological polar surface area (TPSA) is 31.4 Å². The van der Waals surface area contributed by atoms with Crippen molar-refractivity contribution in [3.63, 3.8) is 0 Å². The highest BCUT2D eigenvalue weighted by Gasteiger charge is 2.32. The maximum atomic E-state index is 12.0. The number of pyridine rings is 1. The summed E-state index contributed by atoms with van der Waals surface area (Å²) in [6.07, 6.45) is -4.78. The molecule has 16 heavy (non-hydrogen) atoms. The minimum Gasteiger partial charge on any atom is -0.496 e. The second kappa shape index (κ2) is 4.78. The highest BCUT2D eigenvalue weighted by Crippen LogP contribution is 2.29. The molecule has 0 unspecified atom stereocenters. The second-order valence-electron chi connectivity index (χ2n) is 2.92. The van der Waals surface area contributed by atoms with Crippen LogP contribution in [0.25, 0.3) is 0 Å². The summed E-state index contributed by atoms with van der Waals surface area (Å²) >= 11 is 5.55. The summed E-state index contributed by atoms with van der Waals surface area (Å²) in [5, 5.41) is 0. The Hall–Kier alpha value is -1.17. The molecule has 0 bridgehead atoms.